The Hall–Kier alpha value is -2.92. The van der Waals surface area contributed by atoms with Gasteiger partial charge in [-0.2, -0.15) is 4.98 Å². The van der Waals surface area contributed by atoms with Crippen molar-refractivity contribution in [2.75, 3.05) is 17.2 Å². The molecule has 30 heavy (non-hydrogen) atoms. The third-order valence-corrected chi connectivity index (χ3v) is 5.28. The molecular formula is C25H32N4O. The van der Waals surface area contributed by atoms with E-state index in [1.54, 1.807) is 0 Å². The molecule has 3 rings (SSSR count). The van der Waals surface area contributed by atoms with E-state index in [2.05, 4.69) is 68.4 Å². The SMILES string of the molecule is Cc1cc(Nc2cc(-c3ccccc3)nc(N[C@H](CO)C(C)C)n2)ccc1C(C)C. The number of nitrogens with zero attached hydrogens (tertiary/aromatic N) is 2. The van der Waals surface area contributed by atoms with Crippen molar-refractivity contribution in [3.63, 3.8) is 0 Å². The molecule has 5 nitrogen and oxygen atoms in total. The van der Waals surface area contributed by atoms with Crippen LogP contribution in [0.2, 0.25) is 0 Å². The predicted octanol–water partition coefficient (Wildman–Crippen LogP) is 5.75. The average Bonchev–Trinajstić information content (AvgIpc) is 2.72. The number of aromatic nitrogens is 2. The first-order chi connectivity index (χ1) is 14.4. The number of benzene rings is 2. The number of hydrogen-bond donors (Lipinski definition) is 3. The number of aliphatic hydroxyl groups is 1. The Kier molecular flexibility index (Phi) is 7.06. The minimum Gasteiger partial charge on any atom is -0.394 e. The zero-order valence-electron chi connectivity index (χ0n) is 18.5. The van der Waals surface area contributed by atoms with Gasteiger partial charge < -0.3 is 15.7 Å². The van der Waals surface area contributed by atoms with Gasteiger partial charge in [0.1, 0.15) is 5.82 Å². The van der Waals surface area contributed by atoms with E-state index in [0.717, 1.165) is 16.9 Å². The van der Waals surface area contributed by atoms with E-state index in [-0.39, 0.29) is 18.6 Å². The number of hydrogen-bond acceptors (Lipinski definition) is 5. The first kappa shape index (κ1) is 21.8. The standard InChI is InChI=1S/C25H32N4O/c1-16(2)21-12-11-20(13-18(21)5)26-24-14-22(19-9-7-6-8-10-19)27-25(29-24)28-23(15-30)17(3)4/h6-14,16-17,23,30H,15H2,1-5H3,(H2,26,27,28,29)/t23-/m1/s1. The molecule has 0 saturated carbocycles. The lowest BCUT2D eigenvalue weighted by Gasteiger charge is -2.21. The summed E-state index contributed by atoms with van der Waals surface area (Å²) in [6.07, 6.45) is 0. The van der Waals surface area contributed by atoms with E-state index in [0.29, 0.717) is 17.7 Å². The van der Waals surface area contributed by atoms with Gasteiger partial charge in [-0.05, 0) is 42.0 Å². The molecule has 1 heterocycles. The predicted molar refractivity (Wildman–Crippen MR) is 125 cm³/mol. The van der Waals surface area contributed by atoms with E-state index in [1.165, 1.54) is 11.1 Å². The number of rotatable bonds is 8. The third kappa shape index (κ3) is 5.36. The van der Waals surface area contributed by atoms with Gasteiger partial charge in [0.2, 0.25) is 5.95 Å². The largest absolute Gasteiger partial charge is 0.394 e. The van der Waals surface area contributed by atoms with Crippen molar-refractivity contribution in [1.29, 1.82) is 0 Å². The summed E-state index contributed by atoms with van der Waals surface area (Å²) < 4.78 is 0. The molecule has 158 valence electrons. The van der Waals surface area contributed by atoms with Crippen LogP contribution in [0.4, 0.5) is 17.5 Å². The summed E-state index contributed by atoms with van der Waals surface area (Å²) in [5.41, 5.74) is 5.43. The van der Waals surface area contributed by atoms with E-state index < -0.39 is 0 Å². The van der Waals surface area contributed by atoms with Gasteiger partial charge in [-0.3, -0.25) is 0 Å². The minimum atomic E-state index is -0.114. The highest BCUT2D eigenvalue weighted by Crippen LogP contribution is 2.27. The minimum absolute atomic E-state index is 0.0230. The maximum absolute atomic E-state index is 9.72. The fraction of sp³-hybridized carbons (Fsp3) is 0.360. The highest BCUT2D eigenvalue weighted by Gasteiger charge is 2.15. The van der Waals surface area contributed by atoms with Crippen LogP contribution in [-0.2, 0) is 0 Å². The van der Waals surface area contributed by atoms with E-state index in [1.807, 2.05) is 36.4 Å². The quantitative estimate of drug-likeness (QED) is 0.446. The van der Waals surface area contributed by atoms with Crippen LogP contribution >= 0.6 is 0 Å². The summed E-state index contributed by atoms with van der Waals surface area (Å²) in [6, 6.07) is 18.3. The second-order valence-corrected chi connectivity index (χ2v) is 8.36. The van der Waals surface area contributed by atoms with Crippen LogP contribution in [0, 0.1) is 12.8 Å². The Morgan fingerprint density at radius 1 is 0.933 bits per heavy atom. The lowest BCUT2D eigenvalue weighted by atomic mass is 9.98. The molecule has 0 radical (unpaired) electrons. The second-order valence-electron chi connectivity index (χ2n) is 8.36. The number of aliphatic hydroxyl groups excluding tert-OH is 1. The van der Waals surface area contributed by atoms with Gasteiger partial charge in [0.05, 0.1) is 18.3 Å². The molecule has 1 atom stereocenters. The van der Waals surface area contributed by atoms with Gasteiger partial charge in [0, 0.05) is 17.3 Å². The molecular weight excluding hydrogens is 372 g/mol. The molecule has 5 heteroatoms. The molecule has 1 aromatic heterocycles. The Labute approximate surface area is 179 Å². The van der Waals surface area contributed by atoms with Crippen molar-refractivity contribution >= 4 is 17.5 Å². The molecule has 3 aromatic rings. The van der Waals surface area contributed by atoms with E-state index in [9.17, 15) is 5.11 Å². The van der Waals surface area contributed by atoms with Gasteiger partial charge in [-0.15, -0.1) is 0 Å². The van der Waals surface area contributed by atoms with Crippen LogP contribution in [0.5, 0.6) is 0 Å². The van der Waals surface area contributed by atoms with E-state index in [4.69, 9.17) is 4.98 Å². The first-order valence-electron chi connectivity index (χ1n) is 10.6. The Bertz CT molecular complexity index is 970. The van der Waals surface area contributed by atoms with Crippen molar-refractivity contribution in [2.45, 2.75) is 46.6 Å². The molecule has 0 saturated heterocycles. The summed E-state index contributed by atoms with van der Waals surface area (Å²) in [4.78, 5) is 9.36. The lowest BCUT2D eigenvalue weighted by Crippen LogP contribution is -2.30. The van der Waals surface area contributed by atoms with Crippen molar-refractivity contribution in [3.05, 3.63) is 65.7 Å². The molecule has 0 bridgehead atoms. The highest BCUT2D eigenvalue weighted by atomic mass is 16.3. The molecule has 3 N–H and O–H groups in total. The normalized spacial score (nSPS) is 12.3. The zero-order valence-corrected chi connectivity index (χ0v) is 18.5. The van der Waals surface area contributed by atoms with Crippen molar-refractivity contribution < 1.29 is 5.11 Å². The van der Waals surface area contributed by atoms with Gasteiger partial charge in [0.15, 0.2) is 0 Å². The molecule has 0 aliphatic carbocycles. The lowest BCUT2D eigenvalue weighted by molar-refractivity contribution is 0.248. The van der Waals surface area contributed by atoms with Crippen LogP contribution in [0.1, 0.15) is 44.7 Å². The maximum atomic E-state index is 9.72. The average molecular weight is 405 g/mol. The molecule has 0 spiro atoms. The summed E-state index contributed by atoms with van der Waals surface area (Å²) in [7, 11) is 0. The Morgan fingerprint density at radius 3 is 2.27 bits per heavy atom. The van der Waals surface area contributed by atoms with Gasteiger partial charge in [0.25, 0.3) is 0 Å². The van der Waals surface area contributed by atoms with Crippen LogP contribution < -0.4 is 10.6 Å². The van der Waals surface area contributed by atoms with Gasteiger partial charge in [-0.1, -0.05) is 64.1 Å². The smallest absolute Gasteiger partial charge is 0.225 e. The van der Waals surface area contributed by atoms with Crippen molar-refractivity contribution in [2.24, 2.45) is 5.92 Å². The Balaban J connectivity index is 1.96. The maximum Gasteiger partial charge on any atom is 0.225 e. The fourth-order valence-corrected chi connectivity index (χ4v) is 3.47. The van der Waals surface area contributed by atoms with Crippen LogP contribution in [0.15, 0.2) is 54.6 Å². The van der Waals surface area contributed by atoms with Crippen LogP contribution in [0.25, 0.3) is 11.3 Å². The van der Waals surface area contributed by atoms with Crippen molar-refractivity contribution in [3.8, 4) is 11.3 Å². The molecule has 0 aliphatic rings. The molecule has 2 aromatic carbocycles. The number of nitrogens with one attached hydrogen (secondary N) is 2. The van der Waals surface area contributed by atoms with Crippen molar-refractivity contribution in [1.82, 2.24) is 9.97 Å². The summed E-state index contributed by atoms with van der Waals surface area (Å²) >= 11 is 0. The summed E-state index contributed by atoms with van der Waals surface area (Å²) in [6.45, 7) is 10.7. The highest BCUT2D eigenvalue weighted by molar-refractivity contribution is 5.67. The molecule has 0 amide bonds. The molecule has 0 fully saturated rings. The number of aryl methyl sites for hydroxylation is 1. The Morgan fingerprint density at radius 2 is 1.67 bits per heavy atom. The monoisotopic (exact) mass is 404 g/mol. The van der Waals surface area contributed by atoms with Gasteiger partial charge >= 0.3 is 0 Å². The summed E-state index contributed by atoms with van der Waals surface area (Å²) in [5.74, 6) is 1.96. The molecule has 0 unspecified atom stereocenters. The topological polar surface area (TPSA) is 70.1 Å². The van der Waals surface area contributed by atoms with Crippen LogP contribution in [0.3, 0.4) is 0 Å². The third-order valence-electron chi connectivity index (χ3n) is 5.28. The number of anilines is 3. The summed E-state index contributed by atoms with van der Waals surface area (Å²) in [5, 5.41) is 16.4. The van der Waals surface area contributed by atoms with Gasteiger partial charge in [-0.25, -0.2) is 4.98 Å². The first-order valence-corrected chi connectivity index (χ1v) is 10.6. The van der Waals surface area contributed by atoms with E-state index >= 15 is 0 Å². The van der Waals surface area contributed by atoms with Crippen LogP contribution in [-0.4, -0.2) is 27.7 Å². The second kappa shape index (κ2) is 9.72. The zero-order chi connectivity index (χ0) is 21.7. The molecule has 0 aliphatic heterocycles. The fourth-order valence-electron chi connectivity index (χ4n) is 3.47.